The number of hydrogen-bond donors (Lipinski definition) is 2. The van der Waals surface area contributed by atoms with Crippen LogP contribution in [0.4, 0.5) is 10.1 Å². The number of halogens is 1. The van der Waals surface area contributed by atoms with Crippen molar-refractivity contribution in [2.45, 2.75) is 13.2 Å². The van der Waals surface area contributed by atoms with Crippen LogP contribution in [0.2, 0.25) is 0 Å². The topological polar surface area (TPSA) is 67.4 Å². The maximum absolute atomic E-state index is 13.5. The van der Waals surface area contributed by atoms with Crippen molar-refractivity contribution < 1.29 is 18.7 Å². The van der Waals surface area contributed by atoms with Gasteiger partial charge >= 0.3 is 11.8 Å². The Morgan fingerprint density at radius 1 is 0.821 bits per heavy atom. The third-order valence-corrected chi connectivity index (χ3v) is 3.96. The molecule has 0 unspecified atom stereocenters. The average Bonchev–Trinajstić information content (AvgIpc) is 2.73. The Balaban J connectivity index is 1.48. The summed E-state index contributed by atoms with van der Waals surface area (Å²) in [5, 5.41) is 4.89. The Hall–Kier alpha value is -3.67. The van der Waals surface area contributed by atoms with Crippen LogP contribution in [0.5, 0.6) is 5.75 Å². The number of carbonyl (C=O) groups excluding carboxylic acids is 2. The Kier molecular flexibility index (Phi) is 6.36. The summed E-state index contributed by atoms with van der Waals surface area (Å²) in [6, 6.07) is 22.5. The van der Waals surface area contributed by atoms with Crippen molar-refractivity contribution in [3.8, 4) is 5.75 Å². The zero-order chi connectivity index (χ0) is 19.8. The van der Waals surface area contributed by atoms with E-state index in [4.69, 9.17) is 4.74 Å². The number of amides is 2. The molecule has 0 atom stereocenters. The minimum atomic E-state index is -0.840. The maximum Gasteiger partial charge on any atom is 0.313 e. The zero-order valence-corrected chi connectivity index (χ0v) is 15.0. The molecule has 0 radical (unpaired) electrons. The van der Waals surface area contributed by atoms with Crippen LogP contribution in [0.15, 0.2) is 78.9 Å². The molecule has 6 heteroatoms. The number of hydrogen-bond acceptors (Lipinski definition) is 3. The van der Waals surface area contributed by atoms with E-state index in [-0.39, 0.29) is 6.54 Å². The highest BCUT2D eigenvalue weighted by Crippen LogP contribution is 2.17. The summed E-state index contributed by atoms with van der Waals surface area (Å²) in [6.45, 7) is 0.371. The quantitative estimate of drug-likeness (QED) is 0.644. The van der Waals surface area contributed by atoms with E-state index in [0.29, 0.717) is 23.6 Å². The predicted molar refractivity (Wildman–Crippen MR) is 104 cm³/mol. The molecule has 0 spiro atoms. The molecule has 2 N–H and O–H groups in total. The molecule has 5 nitrogen and oxygen atoms in total. The molecule has 142 valence electrons. The lowest BCUT2D eigenvalue weighted by molar-refractivity contribution is -0.136. The first kappa shape index (κ1) is 19.1. The summed E-state index contributed by atoms with van der Waals surface area (Å²) in [5.74, 6) is -1.46. The second-order valence-corrected chi connectivity index (χ2v) is 6.03. The molecule has 0 bridgehead atoms. The fraction of sp³-hybridized carbons (Fsp3) is 0.0909. The van der Waals surface area contributed by atoms with Crippen molar-refractivity contribution in [1.29, 1.82) is 0 Å². The number of anilines is 1. The van der Waals surface area contributed by atoms with Crippen LogP contribution in [-0.2, 0) is 22.7 Å². The first-order valence-corrected chi connectivity index (χ1v) is 8.71. The molecule has 3 aromatic rings. The molecule has 0 aliphatic heterocycles. The summed E-state index contributed by atoms with van der Waals surface area (Å²) in [5.41, 5.74) is 1.81. The van der Waals surface area contributed by atoms with Crippen molar-refractivity contribution >= 4 is 17.5 Å². The van der Waals surface area contributed by atoms with Crippen LogP contribution in [-0.4, -0.2) is 11.8 Å². The number of carbonyl (C=O) groups is 2. The van der Waals surface area contributed by atoms with Crippen LogP contribution in [0.25, 0.3) is 0 Å². The molecule has 3 rings (SSSR count). The smallest absolute Gasteiger partial charge is 0.313 e. The van der Waals surface area contributed by atoms with Crippen LogP contribution < -0.4 is 15.4 Å². The highest BCUT2D eigenvalue weighted by Gasteiger charge is 2.14. The number of benzene rings is 3. The average molecular weight is 378 g/mol. The molecule has 0 heterocycles. The summed E-state index contributed by atoms with van der Waals surface area (Å²) in [4.78, 5) is 23.9. The largest absolute Gasteiger partial charge is 0.489 e. The lowest BCUT2D eigenvalue weighted by Gasteiger charge is -2.09. The van der Waals surface area contributed by atoms with Gasteiger partial charge < -0.3 is 15.4 Å². The predicted octanol–water partition coefficient (Wildman–Crippen LogP) is 3.66. The second kappa shape index (κ2) is 9.32. The van der Waals surface area contributed by atoms with E-state index in [1.807, 2.05) is 30.3 Å². The van der Waals surface area contributed by atoms with Gasteiger partial charge in [-0.2, -0.15) is 0 Å². The number of rotatable bonds is 6. The van der Waals surface area contributed by atoms with Gasteiger partial charge in [-0.3, -0.25) is 9.59 Å². The van der Waals surface area contributed by atoms with Gasteiger partial charge in [0.15, 0.2) is 0 Å². The van der Waals surface area contributed by atoms with Gasteiger partial charge in [0, 0.05) is 17.8 Å². The summed E-state index contributed by atoms with van der Waals surface area (Å²) in [7, 11) is 0. The van der Waals surface area contributed by atoms with Crippen LogP contribution in [0, 0.1) is 5.82 Å². The third-order valence-electron chi connectivity index (χ3n) is 3.96. The summed E-state index contributed by atoms with van der Waals surface area (Å²) < 4.78 is 19.2. The van der Waals surface area contributed by atoms with Gasteiger partial charge in [-0.15, -0.1) is 0 Å². The van der Waals surface area contributed by atoms with E-state index in [1.54, 1.807) is 42.5 Å². The van der Waals surface area contributed by atoms with Crippen molar-refractivity contribution in [3.05, 3.63) is 95.8 Å². The van der Waals surface area contributed by atoms with E-state index in [2.05, 4.69) is 10.6 Å². The molecule has 0 aliphatic rings. The highest BCUT2D eigenvalue weighted by atomic mass is 19.1. The Bertz CT molecular complexity index is 944. The van der Waals surface area contributed by atoms with Gasteiger partial charge in [-0.05, 0) is 35.9 Å². The monoisotopic (exact) mass is 378 g/mol. The number of ether oxygens (including phenoxy) is 1. The van der Waals surface area contributed by atoms with Crippen molar-refractivity contribution in [2.24, 2.45) is 0 Å². The normalized spacial score (nSPS) is 10.2. The molecule has 0 aromatic heterocycles. The Morgan fingerprint density at radius 2 is 1.50 bits per heavy atom. The van der Waals surface area contributed by atoms with Gasteiger partial charge in [-0.1, -0.05) is 48.5 Å². The fourth-order valence-corrected chi connectivity index (χ4v) is 2.46. The van der Waals surface area contributed by atoms with Gasteiger partial charge in [0.2, 0.25) is 0 Å². The molecule has 3 aromatic carbocycles. The lowest BCUT2D eigenvalue weighted by Crippen LogP contribution is -2.35. The van der Waals surface area contributed by atoms with Gasteiger partial charge in [-0.25, -0.2) is 4.39 Å². The fourth-order valence-electron chi connectivity index (χ4n) is 2.46. The van der Waals surface area contributed by atoms with Crippen molar-refractivity contribution in [2.75, 3.05) is 5.32 Å². The molecule has 0 saturated heterocycles. The van der Waals surface area contributed by atoms with Crippen molar-refractivity contribution in [1.82, 2.24) is 5.32 Å². The van der Waals surface area contributed by atoms with Crippen LogP contribution in [0.3, 0.4) is 0 Å². The molecule has 0 aliphatic carbocycles. The van der Waals surface area contributed by atoms with Crippen molar-refractivity contribution in [3.63, 3.8) is 0 Å². The van der Waals surface area contributed by atoms with Gasteiger partial charge in [0.1, 0.15) is 18.2 Å². The van der Waals surface area contributed by atoms with Crippen LogP contribution >= 0.6 is 0 Å². The molecule has 2 amide bonds. The lowest BCUT2D eigenvalue weighted by atomic mass is 10.2. The molecule has 0 fully saturated rings. The minimum absolute atomic E-state index is 0.0643. The molecular formula is C22H19FN2O3. The maximum atomic E-state index is 13.5. The third kappa shape index (κ3) is 5.41. The van der Waals surface area contributed by atoms with Gasteiger partial charge in [0.05, 0.1) is 0 Å². The standard InChI is InChI=1S/C22H19FN2O3/c23-20-9-5-4-8-17(20)14-24-21(26)22(27)25-18-10-12-19(13-11-18)28-15-16-6-2-1-3-7-16/h1-13H,14-15H2,(H,24,26)(H,25,27). The van der Waals surface area contributed by atoms with E-state index in [9.17, 15) is 14.0 Å². The minimum Gasteiger partial charge on any atom is -0.489 e. The Morgan fingerprint density at radius 3 is 2.21 bits per heavy atom. The van der Waals surface area contributed by atoms with E-state index in [0.717, 1.165) is 5.56 Å². The number of nitrogens with one attached hydrogen (secondary N) is 2. The van der Waals surface area contributed by atoms with E-state index < -0.39 is 17.6 Å². The second-order valence-electron chi connectivity index (χ2n) is 6.03. The molecule has 28 heavy (non-hydrogen) atoms. The summed E-state index contributed by atoms with van der Waals surface area (Å²) >= 11 is 0. The molecular weight excluding hydrogens is 359 g/mol. The highest BCUT2D eigenvalue weighted by molar-refractivity contribution is 6.39. The summed E-state index contributed by atoms with van der Waals surface area (Å²) in [6.07, 6.45) is 0. The first-order valence-electron chi connectivity index (χ1n) is 8.71. The van der Waals surface area contributed by atoms with E-state index in [1.165, 1.54) is 6.07 Å². The Labute approximate surface area is 162 Å². The molecule has 0 saturated carbocycles. The zero-order valence-electron chi connectivity index (χ0n) is 15.0. The van der Waals surface area contributed by atoms with Gasteiger partial charge in [0.25, 0.3) is 0 Å². The SMILES string of the molecule is O=C(NCc1ccccc1F)C(=O)Nc1ccc(OCc2ccccc2)cc1. The van der Waals surface area contributed by atoms with Crippen LogP contribution in [0.1, 0.15) is 11.1 Å². The first-order chi connectivity index (χ1) is 13.6. The van der Waals surface area contributed by atoms with E-state index >= 15 is 0 Å².